The third-order valence-corrected chi connectivity index (χ3v) is 7.07. The van der Waals surface area contributed by atoms with Crippen LogP contribution in [0.1, 0.15) is 44.9 Å². The number of nitrogens with one attached hydrogen (secondary N) is 1. The second kappa shape index (κ2) is 8.40. The average molecular weight is 421 g/mol. The maximum absolute atomic E-state index is 13.0. The molecule has 162 valence electrons. The van der Waals surface area contributed by atoms with Gasteiger partial charge in [-0.05, 0) is 79.9 Å². The van der Waals surface area contributed by atoms with Crippen molar-refractivity contribution in [3.8, 4) is 11.1 Å². The maximum atomic E-state index is 13.0. The Labute approximate surface area is 182 Å². The number of aryl methyl sites for hydroxylation is 1. The van der Waals surface area contributed by atoms with Crippen molar-refractivity contribution in [1.82, 2.24) is 14.8 Å². The third-order valence-electron chi connectivity index (χ3n) is 7.07. The third kappa shape index (κ3) is 4.48. The van der Waals surface area contributed by atoms with Gasteiger partial charge in [0.1, 0.15) is 12.0 Å². The minimum Gasteiger partial charge on any atom is -0.310 e. The summed E-state index contributed by atoms with van der Waals surface area (Å²) >= 11 is 0. The van der Waals surface area contributed by atoms with Crippen molar-refractivity contribution >= 4 is 22.5 Å². The quantitative estimate of drug-likeness (QED) is 0.591. The first-order chi connectivity index (χ1) is 15.0. The number of alkyl halides is 1. The summed E-state index contributed by atoms with van der Waals surface area (Å²) in [5, 5.41) is 9.36. The highest BCUT2D eigenvalue weighted by molar-refractivity contribution is 5.95. The smallest absolute Gasteiger partial charge is 0.228 e. The monoisotopic (exact) mass is 420 g/mol. The Morgan fingerprint density at radius 3 is 2.58 bits per heavy atom. The maximum Gasteiger partial charge on any atom is 0.228 e. The van der Waals surface area contributed by atoms with Crippen molar-refractivity contribution in [2.24, 2.45) is 24.8 Å². The van der Waals surface area contributed by atoms with E-state index in [-0.39, 0.29) is 11.8 Å². The highest BCUT2D eigenvalue weighted by atomic mass is 19.1. The number of aromatic nitrogens is 3. The van der Waals surface area contributed by atoms with E-state index in [2.05, 4.69) is 27.5 Å². The molecule has 1 N–H and O–H groups in total. The number of carbonyl (C=O) groups excluding carboxylic acids is 1. The summed E-state index contributed by atoms with van der Waals surface area (Å²) in [5.74, 6) is 1.95. The van der Waals surface area contributed by atoms with Crippen LogP contribution in [0.3, 0.4) is 0 Å². The van der Waals surface area contributed by atoms with Crippen LogP contribution in [0.15, 0.2) is 42.9 Å². The van der Waals surface area contributed by atoms with Crippen LogP contribution in [-0.2, 0) is 11.8 Å². The van der Waals surface area contributed by atoms with Gasteiger partial charge in [-0.3, -0.25) is 9.48 Å². The molecule has 0 saturated heterocycles. The first kappa shape index (κ1) is 20.2. The van der Waals surface area contributed by atoms with E-state index in [0.29, 0.717) is 17.7 Å². The molecular weight excluding hydrogens is 391 g/mol. The van der Waals surface area contributed by atoms with Crippen molar-refractivity contribution in [2.45, 2.75) is 51.1 Å². The number of pyridine rings is 1. The van der Waals surface area contributed by atoms with Crippen LogP contribution in [0, 0.1) is 17.8 Å². The highest BCUT2D eigenvalue weighted by Gasteiger charge is 2.33. The number of fused-ring (bicyclic) bond motifs is 1. The van der Waals surface area contributed by atoms with Gasteiger partial charge in [0.2, 0.25) is 5.91 Å². The molecule has 5 nitrogen and oxygen atoms in total. The number of hydrogen-bond donors (Lipinski definition) is 1. The lowest BCUT2D eigenvalue weighted by Gasteiger charge is -2.35. The van der Waals surface area contributed by atoms with Crippen LogP contribution in [-0.4, -0.2) is 26.8 Å². The van der Waals surface area contributed by atoms with E-state index >= 15 is 0 Å². The zero-order valence-electron chi connectivity index (χ0n) is 17.9. The SMILES string of the molecule is Cn1cc(-c2ccc3cnc(NC(=O)[C@H]4CC[C@@H](CC5CC(F)C5)CC4)cc3c2)cn1. The Kier molecular flexibility index (Phi) is 5.47. The molecule has 6 heteroatoms. The lowest BCUT2D eigenvalue weighted by molar-refractivity contribution is -0.121. The molecule has 2 aliphatic carbocycles. The largest absolute Gasteiger partial charge is 0.310 e. The summed E-state index contributed by atoms with van der Waals surface area (Å²) in [5.41, 5.74) is 2.15. The van der Waals surface area contributed by atoms with Crippen LogP contribution in [0.5, 0.6) is 0 Å². The van der Waals surface area contributed by atoms with Crippen molar-refractivity contribution in [2.75, 3.05) is 5.32 Å². The number of halogens is 1. The molecule has 2 saturated carbocycles. The number of anilines is 1. The van der Waals surface area contributed by atoms with Gasteiger partial charge in [-0.1, -0.05) is 12.1 Å². The summed E-state index contributed by atoms with van der Waals surface area (Å²) in [7, 11) is 1.91. The standard InChI is InChI=1S/C25H29FN4O/c1-30-15-22(14-28-30)19-6-7-20-13-27-24(12-21(20)11-19)29-25(31)18-4-2-16(3-5-18)8-17-9-23(26)10-17/h6-7,11-18,23H,2-5,8-10H2,1H3,(H,27,29,31)/t16-,17?,18+,23?. The summed E-state index contributed by atoms with van der Waals surface area (Å²) in [6.45, 7) is 0. The fourth-order valence-corrected chi connectivity index (χ4v) is 5.17. The van der Waals surface area contributed by atoms with Gasteiger partial charge in [-0.2, -0.15) is 5.10 Å². The number of hydrogen-bond acceptors (Lipinski definition) is 3. The lowest BCUT2D eigenvalue weighted by Crippen LogP contribution is -2.31. The van der Waals surface area contributed by atoms with Crippen molar-refractivity contribution < 1.29 is 9.18 Å². The van der Waals surface area contributed by atoms with Crippen LogP contribution >= 0.6 is 0 Å². The summed E-state index contributed by atoms with van der Waals surface area (Å²) in [4.78, 5) is 17.3. The van der Waals surface area contributed by atoms with Crippen LogP contribution in [0.25, 0.3) is 21.9 Å². The van der Waals surface area contributed by atoms with E-state index in [1.807, 2.05) is 37.8 Å². The van der Waals surface area contributed by atoms with Gasteiger partial charge in [-0.25, -0.2) is 9.37 Å². The topological polar surface area (TPSA) is 59.8 Å². The number of benzene rings is 1. The fraction of sp³-hybridized carbons (Fsp3) is 0.480. The predicted octanol–water partition coefficient (Wildman–Crippen LogP) is 5.52. The molecule has 0 aliphatic heterocycles. The lowest BCUT2D eigenvalue weighted by atomic mass is 9.72. The Bertz CT molecular complexity index is 1080. The summed E-state index contributed by atoms with van der Waals surface area (Å²) in [6.07, 6.45) is 11.7. The molecular formula is C25H29FN4O. The van der Waals surface area contributed by atoms with Crippen molar-refractivity contribution in [3.05, 3.63) is 42.9 Å². The Balaban J connectivity index is 1.21. The van der Waals surface area contributed by atoms with Crippen LogP contribution in [0.2, 0.25) is 0 Å². The van der Waals surface area contributed by atoms with Gasteiger partial charge in [0.15, 0.2) is 0 Å². The molecule has 1 amide bonds. The average Bonchev–Trinajstić information content (AvgIpc) is 3.19. The minimum atomic E-state index is -0.568. The van der Waals surface area contributed by atoms with E-state index in [9.17, 15) is 9.18 Å². The molecule has 0 radical (unpaired) electrons. The molecule has 2 aromatic heterocycles. The molecule has 2 heterocycles. The first-order valence-corrected chi connectivity index (χ1v) is 11.4. The Hall–Kier alpha value is -2.76. The van der Waals surface area contributed by atoms with Gasteiger partial charge in [-0.15, -0.1) is 0 Å². The van der Waals surface area contributed by atoms with Gasteiger partial charge in [0.05, 0.1) is 6.20 Å². The number of carbonyl (C=O) groups is 1. The van der Waals surface area contributed by atoms with Crippen molar-refractivity contribution in [1.29, 1.82) is 0 Å². The zero-order chi connectivity index (χ0) is 21.4. The second-order valence-corrected chi connectivity index (χ2v) is 9.41. The van der Waals surface area contributed by atoms with Gasteiger partial charge in [0.25, 0.3) is 0 Å². The Morgan fingerprint density at radius 2 is 1.87 bits per heavy atom. The molecule has 2 fully saturated rings. The molecule has 2 aliphatic rings. The van der Waals surface area contributed by atoms with Crippen LogP contribution < -0.4 is 5.32 Å². The van der Waals surface area contributed by atoms with E-state index in [4.69, 9.17) is 0 Å². The molecule has 0 spiro atoms. The number of nitrogens with zero attached hydrogens (tertiary/aromatic N) is 3. The number of rotatable bonds is 5. The van der Waals surface area contributed by atoms with Gasteiger partial charge < -0.3 is 5.32 Å². The van der Waals surface area contributed by atoms with E-state index < -0.39 is 6.17 Å². The zero-order valence-corrected chi connectivity index (χ0v) is 17.9. The highest BCUT2D eigenvalue weighted by Crippen LogP contribution is 2.40. The van der Waals surface area contributed by atoms with Gasteiger partial charge in [0, 0.05) is 36.3 Å². The van der Waals surface area contributed by atoms with E-state index in [0.717, 1.165) is 66.8 Å². The Morgan fingerprint density at radius 1 is 1.06 bits per heavy atom. The molecule has 31 heavy (non-hydrogen) atoms. The fourth-order valence-electron chi connectivity index (χ4n) is 5.17. The normalized spacial score (nSPS) is 25.9. The summed E-state index contributed by atoms with van der Waals surface area (Å²) < 4.78 is 14.8. The molecule has 1 aromatic carbocycles. The van der Waals surface area contributed by atoms with Crippen molar-refractivity contribution in [3.63, 3.8) is 0 Å². The molecule has 0 atom stereocenters. The van der Waals surface area contributed by atoms with Gasteiger partial charge >= 0.3 is 0 Å². The first-order valence-electron chi connectivity index (χ1n) is 11.4. The van der Waals surface area contributed by atoms with E-state index in [1.54, 1.807) is 4.68 Å². The molecule has 3 aromatic rings. The minimum absolute atomic E-state index is 0.0470. The van der Waals surface area contributed by atoms with Crippen LogP contribution in [0.4, 0.5) is 10.2 Å². The molecule has 0 unspecified atom stereocenters. The molecule has 5 rings (SSSR count). The molecule has 0 bridgehead atoms. The summed E-state index contributed by atoms with van der Waals surface area (Å²) in [6, 6.07) is 8.17. The predicted molar refractivity (Wildman–Crippen MR) is 120 cm³/mol. The van der Waals surface area contributed by atoms with E-state index in [1.165, 1.54) is 0 Å². The second-order valence-electron chi connectivity index (χ2n) is 9.41. The number of amides is 1.